The first-order valence-corrected chi connectivity index (χ1v) is 7.11. The Morgan fingerprint density at radius 1 is 1.15 bits per heavy atom. The highest BCUT2D eigenvalue weighted by molar-refractivity contribution is 5.60. The molecule has 0 aliphatic rings. The molecule has 1 heterocycles. The van der Waals surface area contributed by atoms with Crippen molar-refractivity contribution in [1.82, 2.24) is 9.97 Å². The van der Waals surface area contributed by atoms with Crippen LogP contribution >= 0.6 is 0 Å². The smallest absolute Gasteiger partial charge is 0.136 e. The van der Waals surface area contributed by atoms with Crippen LogP contribution in [0.15, 0.2) is 36.4 Å². The number of nitrogens with two attached hydrogens (primary N) is 1. The lowest BCUT2D eigenvalue weighted by Crippen LogP contribution is -2.22. The van der Waals surface area contributed by atoms with Crippen LogP contribution < -0.4 is 10.6 Å². The predicted molar refractivity (Wildman–Crippen MR) is 83.3 cm³/mol. The number of aromatic nitrogens is 2. The fraction of sp³-hybridized carbons (Fsp3) is 0.375. The molecule has 0 saturated heterocycles. The van der Waals surface area contributed by atoms with E-state index >= 15 is 0 Å². The summed E-state index contributed by atoms with van der Waals surface area (Å²) in [6.07, 6.45) is 1.84. The van der Waals surface area contributed by atoms with Crippen LogP contribution in [0.3, 0.4) is 0 Å². The molecule has 2 rings (SSSR count). The Bertz CT molecular complexity index is 539. The van der Waals surface area contributed by atoms with E-state index in [1.165, 1.54) is 0 Å². The summed E-state index contributed by atoms with van der Waals surface area (Å²) in [7, 11) is 0. The third kappa shape index (κ3) is 3.54. The minimum absolute atomic E-state index is 0.675. The molecule has 4 nitrogen and oxygen atoms in total. The second-order valence-corrected chi connectivity index (χ2v) is 4.75. The van der Waals surface area contributed by atoms with Crippen LogP contribution in [0.5, 0.6) is 0 Å². The number of hydrogen-bond acceptors (Lipinski definition) is 4. The molecule has 0 unspecified atom stereocenters. The Hall–Kier alpha value is -1.94. The Morgan fingerprint density at radius 3 is 2.55 bits per heavy atom. The van der Waals surface area contributed by atoms with Crippen LogP contribution in [0.1, 0.15) is 24.9 Å². The highest BCUT2D eigenvalue weighted by Crippen LogP contribution is 2.24. The molecule has 0 aliphatic heterocycles. The molecule has 20 heavy (non-hydrogen) atoms. The van der Waals surface area contributed by atoms with E-state index in [-0.39, 0.29) is 0 Å². The maximum absolute atomic E-state index is 5.66. The highest BCUT2D eigenvalue weighted by Gasteiger charge is 2.11. The highest BCUT2D eigenvalue weighted by atomic mass is 15.2. The van der Waals surface area contributed by atoms with Crippen molar-refractivity contribution in [3.63, 3.8) is 0 Å². The summed E-state index contributed by atoms with van der Waals surface area (Å²) in [4.78, 5) is 11.2. The van der Waals surface area contributed by atoms with E-state index in [0.717, 1.165) is 42.4 Å². The zero-order valence-electron chi connectivity index (χ0n) is 12.2. The molecular formula is C16H22N4. The fourth-order valence-electron chi connectivity index (χ4n) is 2.16. The fourth-order valence-corrected chi connectivity index (χ4v) is 2.16. The van der Waals surface area contributed by atoms with Crippen molar-refractivity contribution in [2.24, 2.45) is 5.73 Å². The summed E-state index contributed by atoms with van der Waals surface area (Å²) < 4.78 is 0. The van der Waals surface area contributed by atoms with Crippen LogP contribution in [0.25, 0.3) is 0 Å². The lowest BCUT2D eigenvalue weighted by atomic mass is 10.2. The van der Waals surface area contributed by atoms with Crippen molar-refractivity contribution in [3.05, 3.63) is 47.9 Å². The minimum atomic E-state index is 0.675. The lowest BCUT2D eigenvalue weighted by Gasteiger charge is -2.24. The molecule has 0 saturated carbocycles. The zero-order chi connectivity index (χ0) is 14.4. The molecule has 0 radical (unpaired) electrons. The van der Waals surface area contributed by atoms with Gasteiger partial charge in [-0.3, -0.25) is 0 Å². The van der Waals surface area contributed by atoms with Crippen molar-refractivity contribution in [2.75, 3.05) is 18.0 Å². The van der Waals surface area contributed by atoms with Crippen molar-refractivity contribution < 1.29 is 0 Å². The molecule has 2 aromatic rings. The molecule has 0 aliphatic carbocycles. The van der Waals surface area contributed by atoms with Crippen LogP contribution in [-0.2, 0) is 6.42 Å². The summed E-state index contributed by atoms with van der Waals surface area (Å²) >= 11 is 0. The van der Waals surface area contributed by atoms with Gasteiger partial charge in [0.1, 0.15) is 11.6 Å². The molecule has 0 fully saturated rings. The summed E-state index contributed by atoms with van der Waals surface area (Å²) in [5.74, 6) is 1.77. The Labute approximate surface area is 120 Å². The van der Waals surface area contributed by atoms with Gasteiger partial charge in [-0.1, -0.05) is 25.1 Å². The van der Waals surface area contributed by atoms with Gasteiger partial charge in [-0.25, -0.2) is 9.97 Å². The van der Waals surface area contributed by atoms with E-state index in [4.69, 9.17) is 5.73 Å². The molecule has 0 spiro atoms. The SMILES string of the molecule is CCc1cc(N(CCCN)c2ccccc2)nc(C)n1. The van der Waals surface area contributed by atoms with Crippen molar-refractivity contribution in [2.45, 2.75) is 26.7 Å². The number of benzene rings is 1. The largest absolute Gasteiger partial charge is 0.330 e. The second kappa shape index (κ2) is 7.01. The molecular weight excluding hydrogens is 248 g/mol. The van der Waals surface area contributed by atoms with E-state index in [1.54, 1.807) is 0 Å². The van der Waals surface area contributed by atoms with Gasteiger partial charge in [0.25, 0.3) is 0 Å². The quantitative estimate of drug-likeness (QED) is 0.877. The molecule has 4 heteroatoms. The first-order chi connectivity index (χ1) is 9.74. The average Bonchev–Trinajstić information content (AvgIpc) is 2.48. The first-order valence-electron chi connectivity index (χ1n) is 7.11. The monoisotopic (exact) mass is 270 g/mol. The molecule has 0 bridgehead atoms. The van der Waals surface area contributed by atoms with E-state index in [0.29, 0.717) is 6.54 Å². The summed E-state index contributed by atoms with van der Waals surface area (Å²) in [5.41, 5.74) is 7.87. The van der Waals surface area contributed by atoms with Gasteiger partial charge in [-0.15, -0.1) is 0 Å². The van der Waals surface area contributed by atoms with Gasteiger partial charge in [-0.2, -0.15) is 0 Å². The zero-order valence-corrected chi connectivity index (χ0v) is 12.2. The van der Waals surface area contributed by atoms with E-state index in [2.05, 4.69) is 40.0 Å². The third-order valence-corrected chi connectivity index (χ3v) is 3.17. The van der Waals surface area contributed by atoms with E-state index in [1.807, 2.05) is 25.1 Å². The van der Waals surface area contributed by atoms with Crippen LogP contribution in [0, 0.1) is 6.92 Å². The van der Waals surface area contributed by atoms with E-state index in [9.17, 15) is 0 Å². The molecule has 0 amide bonds. The lowest BCUT2D eigenvalue weighted by molar-refractivity contribution is 0.802. The van der Waals surface area contributed by atoms with Gasteiger partial charge >= 0.3 is 0 Å². The molecule has 0 atom stereocenters. The van der Waals surface area contributed by atoms with Gasteiger partial charge in [0, 0.05) is 24.0 Å². The summed E-state index contributed by atoms with van der Waals surface area (Å²) in [6, 6.07) is 12.4. The number of hydrogen-bond donors (Lipinski definition) is 1. The van der Waals surface area contributed by atoms with Gasteiger partial charge in [-0.05, 0) is 38.4 Å². The normalized spacial score (nSPS) is 10.6. The Morgan fingerprint density at radius 2 is 1.90 bits per heavy atom. The minimum Gasteiger partial charge on any atom is -0.330 e. The average molecular weight is 270 g/mol. The number of anilines is 2. The maximum atomic E-state index is 5.66. The number of nitrogens with zero attached hydrogens (tertiary/aromatic N) is 3. The van der Waals surface area contributed by atoms with Crippen LogP contribution in [0.4, 0.5) is 11.5 Å². The van der Waals surface area contributed by atoms with Crippen molar-refractivity contribution >= 4 is 11.5 Å². The number of rotatable bonds is 6. The van der Waals surface area contributed by atoms with Gasteiger partial charge in [0.15, 0.2) is 0 Å². The molecule has 106 valence electrons. The van der Waals surface area contributed by atoms with Crippen LogP contribution in [0.2, 0.25) is 0 Å². The number of para-hydroxylation sites is 1. The standard InChI is InChI=1S/C16H22N4/c1-3-14-12-16(19-13(2)18-14)20(11-7-10-17)15-8-5-4-6-9-15/h4-6,8-9,12H,3,7,10-11,17H2,1-2H3. The van der Waals surface area contributed by atoms with Crippen LogP contribution in [-0.4, -0.2) is 23.1 Å². The Kier molecular flexibility index (Phi) is 5.07. The molecule has 2 N–H and O–H groups in total. The van der Waals surface area contributed by atoms with Gasteiger partial charge in [0.05, 0.1) is 0 Å². The van der Waals surface area contributed by atoms with Crippen molar-refractivity contribution in [1.29, 1.82) is 0 Å². The number of aryl methyl sites for hydroxylation is 2. The Balaban J connectivity index is 2.38. The molecule has 1 aromatic carbocycles. The van der Waals surface area contributed by atoms with Gasteiger partial charge in [0.2, 0.25) is 0 Å². The second-order valence-electron chi connectivity index (χ2n) is 4.75. The summed E-state index contributed by atoms with van der Waals surface area (Å²) in [6.45, 7) is 5.58. The maximum Gasteiger partial charge on any atom is 0.136 e. The third-order valence-electron chi connectivity index (χ3n) is 3.17. The van der Waals surface area contributed by atoms with Crippen molar-refractivity contribution in [3.8, 4) is 0 Å². The van der Waals surface area contributed by atoms with E-state index < -0.39 is 0 Å². The first kappa shape index (κ1) is 14.5. The predicted octanol–water partition coefficient (Wildman–Crippen LogP) is 2.83. The van der Waals surface area contributed by atoms with Gasteiger partial charge < -0.3 is 10.6 Å². The molecule has 1 aromatic heterocycles. The summed E-state index contributed by atoms with van der Waals surface area (Å²) in [5, 5.41) is 0. The topological polar surface area (TPSA) is 55.0 Å².